The number of carbonyl (C=O) groups is 1. The Morgan fingerprint density at radius 3 is 3.00 bits per heavy atom. The molecule has 25 heavy (non-hydrogen) atoms. The third-order valence-electron chi connectivity index (χ3n) is 3.63. The van der Waals surface area contributed by atoms with Gasteiger partial charge in [-0.1, -0.05) is 23.9 Å². The highest BCUT2D eigenvalue weighted by molar-refractivity contribution is 7.99. The Hall–Kier alpha value is -2.26. The minimum absolute atomic E-state index is 0.0715. The number of carbonyl (C=O) groups excluding carboxylic acids is 1. The molecule has 2 aromatic rings. The molecule has 0 saturated heterocycles. The van der Waals surface area contributed by atoms with Crippen LogP contribution in [0.15, 0.2) is 29.4 Å². The van der Waals surface area contributed by atoms with E-state index in [0.717, 1.165) is 5.75 Å². The van der Waals surface area contributed by atoms with E-state index in [-0.39, 0.29) is 17.8 Å². The number of hydrogen-bond acceptors (Lipinski definition) is 7. The molecule has 1 aromatic carbocycles. The summed E-state index contributed by atoms with van der Waals surface area (Å²) in [5, 5.41) is 11.8. The lowest BCUT2D eigenvalue weighted by Crippen LogP contribution is -2.28. The number of aromatic nitrogens is 3. The molecule has 0 fully saturated rings. The van der Waals surface area contributed by atoms with E-state index in [9.17, 15) is 4.79 Å². The van der Waals surface area contributed by atoms with Crippen LogP contribution in [0.4, 0.5) is 0 Å². The molecule has 0 aliphatic carbocycles. The summed E-state index contributed by atoms with van der Waals surface area (Å²) >= 11 is 1.32. The topological polar surface area (TPSA) is 87.5 Å². The normalized spacial score (nSPS) is 15.8. The number of amides is 1. The second-order valence-corrected chi connectivity index (χ2v) is 6.34. The average Bonchev–Trinajstić information content (AvgIpc) is 3.00. The molecular formula is C16H20N4O4S. The van der Waals surface area contributed by atoms with Crippen LogP contribution < -0.4 is 14.8 Å². The van der Waals surface area contributed by atoms with E-state index in [1.54, 1.807) is 7.11 Å². The highest BCUT2D eigenvalue weighted by Gasteiger charge is 2.27. The maximum Gasteiger partial charge on any atom is 0.230 e. The Morgan fingerprint density at radius 2 is 2.20 bits per heavy atom. The van der Waals surface area contributed by atoms with E-state index < -0.39 is 0 Å². The van der Waals surface area contributed by atoms with Crippen molar-refractivity contribution in [3.8, 4) is 11.5 Å². The standard InChI is InChI=1S/C16H20N4O4S/c1-20-15(13-9-23-11-5-3-4-6-12(11)24-13)18-19-16(20)25-10-14(21)17-7-8-22-2/h3-6,13H,7-10H2,1-2H3,(H,17,21). The molecule has 9 heteroatoms. The second-order valence-electron chi connectivity index (χ2n) is 5.40. The first-order valence-electron chi connectivity index (χ1n) is 7.85. The number of nitrogens with one attached hydrogen (secondary N) is 1. The number of benzene rings is 1. The molecule has 1 N–H and O–H groups in total. The van der Waals surface area contributed by atoms with Gasteiger partial charge in [0, 0.05) is 20.7 Å². The van der Waals surface area contributed by atoms with Gasteiger partial charge in [0.1, 0.15) is 6.61 Å². The van der Waals surface area contributed by atoms with Gasteiger partial charge in [-0.3, -0.25) is 4.79 Å². The van der Waals surface area contributed by atoms with Crippen LogP contribution in [0.25, 0.3) is 0 Å². The number of methoxy groups -OCH3 is 1. The van der Waals surface area contributed by atoms with Crippen LogP contribution >= 0.6 is 11.8 Å². The van der Waals surface area contributed by atoms with E-state index in [0.29, 0.717) is 36.5 Å². The van der Waals surface area contributed by atoms with Crippen molar-refractivity contribution >= 4 is 17.7 Å². The van der Waals surface area contributed by atoms with Crippen LogP contribution in [0.5, 0.6) is 11.5 Å². The van der Waals surface area contributed by atoms with Gasteiger partial charge in [-0.2, -0.15) is 0 Å². The Kier molecular flexibility index (Phi) is 5.77. The summed E-state index contributed by atoms with van der Waals surface area (Å²) in [6.07, 6.45) is -0.336. The Balaban J connectivity index is 1.59. The molecule has 3 rings (SSSR count). The van der Waals surface area contributed by atoms with Gasteiger partial charge in [-0.05, 0) is 12.1 Å². The summed E-state index contributed by atoms with van der Waals surface area (Å²) in [6, 6.07) is 7.52. The maximum absolute atomic E-state index is 11.8. The van der Waals surface area contributed by atoms with Crippen molar-refractivity contribution in [3.05, 3.63) is 30.1 Å². The Morgan fingerprint density at radius 1 is 1.40 bits per heavy atom. The summed E-state index contributed by atoms with van der Waals surface area (Å²) in [6.45, 7) is 1.35. The summed E-state index contributed by atoms with van der Waals surface area (Å²) < 4.78 is 18.4. The molecule has 2 heterocycles. The number of hydrogen-bond donors (Lipinski definition) is 1. The molecule has 134 valence electrons. The van der Waals surface area contributed by atoms with Gasteiger partial charge in [0.05, 0.1) is 12.4 Å². The molecule has 1 aliphatic rings. The van der Waals surface area contributed by atoms with Gasteiger partial charge in [-0.15, -0.1) is 10.2 Å². The first-order valence-corrected chi connectivity index (χ1v) is 8.84. The summed E-state index contributed by atoms with van der Waals surface area (Å²) in [4.78, 5) is 11.8. The first kappa shape index (κ1) is 17.6. The summed E-state index contributed by atoms with van der Waals surface area (Å²) in [5.74, 6) is 2.27. The fraction of sp³-hybridized carbons (Fsp3) is 0.438. The van der Waals surface area contributed by atoms with E-state index >= 15 is 0 Å². The first-order chi connectivity index (χ1) is 12.2. The number of rotatable bonds is 7. The fourth-order valence-corrected chi connectivity index (χ4v) is 3.10. The van der Waals surface area contributed by atoms with Gasteiger partial charge in [0.2, 0.25) is 5.91 Å². The molecule has 0 bridgehead atoms. The van der Waals surface area contributed by atoms with Crippen molar-refractivity contribution in [2.45, 2.75) is 11.3 Å². The minimum Gasteiger partial charge on any atom is -0.485 e. The molecule has 1 atom stereocenters. The predicted octanol–water partition coefficient (Wildman–Crippen LogP) is 1.18. The molecule has 8 nitrogen and oxygen atoms in total. The van der Waals surface area contributed by atoms with Crippen molar-refractivity contribution < 1.29 is 19.0 Å². The number of nitrogens with zero attached hydrogens (tertiary/aromatic N) is 3. The Bertz CT molecular complexity index is 737. The van der Waals surface area contributed by atoms with Gasteiger partial charge in [0.25, 0.3) is 0 Å². The molecule has 0 spiro atoms. The predicted molar refractivity (Wildman–Crippen MR) is 91.9 cm³/mol. The zero-order valence-electron chi connectivity index (χ0n) is 14.1. The van der Waals surface area contributed by atoms with E-state index in [1.807, 2.05) is 35.9 Å². The molecule has 1 aromatic heterocycles. The van der Waals surface area contributed by atoms with Crippen LogP contribution in [0.2, 0.25) is 0 Å². The average molecular weight is 364 g/mol. The van der Waals surface area contributed by atoms with Gasteiger partial charge < -0.3 is 24.1 Å². The van der Waals surface area contributed by atoms with E-state index in [4.69, 9.17) is 14.2 Å². The number of para-hydroxylation sites is 2. The lowest BCUT2D eigenvalue weighted by atomic mass is 10.2. The lowest BCUT2D eigenvalue weighted by Gasteiger charge is -2.25. The third kappa shape index (κ3) is 4.23. The van der Waals surface area contributed by atoms with Crippen molar-refractivity contribution in [3.63, 3.8) is 0 Å². The van der Waals surface area contributed by atoms with E-state index in [2.05, 4.69) is 15.5 Å². The van der Waals surface area contributed by atoms with Gasteiger partial charge >= 0.3 is 0 Å². The molecule has 0 saturated carbocycles. The zero-order chi connectivity index (χ0) is 17.6. The molecule has 1 amide bonds. The second kappa shape index (κ2) is 8.21. The van der Waals surface area contributed by atoms with Crippen molar-refractivity contribution in [1.29, 1.82) is 0 Å². The fourth-order valence-electron chi connectivity index (χ4n) is 2.35. The van der Waals surface area contributed by atoms with Gasteiger partial charge in [0.15, 0.2) is 28.6 Å². The highest BCUT2D eigenvalue weighted by atomic mass is 32.2. The van der Waals surface area contributed by atoms with Crippen LogP contribution in [0.1, 0.15) is 11.9 Å². The van der Waals surface area contributed by atoms with Crippen LogP contribution in [-0.2, 0) is 16.6 Å². The number of ether oxygens (including phenoxy) is 3. The highest BCUT2D eigenvalue weighted by Crippen LogP contribution is 2.35. The van der Waals surface area contributed by atoms with Crippen LogP contribution in [-0.4, -0.2) is 53.3 Å². The zero-order valence-corrected chi connectivity index (χ0v) is 14.9. The molecule has 0 radical (unpaired) electrons. The quantitative estimate of drug-likeness (QED) is 0.583. The van der Waals surface area contributed by atoms with Crippen molar-refractivity contribution in [2.24, 2.45) is 7.05 Å². The monoisotopic (exact) mass is 364 g/mol. The van der Waals surface area contributed by atoms with E-state index in [1.165, 1.54) is 11.8 Å². The van der Waals surface area contributed by atoms with Crippen LogP contribution in [0, 0.1) is 0 Å². The van der Waals surface area contributed by atoms with Crippen molar-refractivity contribution in [2.75, 3.05) is 32.6 Å². The maximum atomic E-state index is 11.8. The number of thioether (sulfide) groups is 1. The summed E-state index contributed by atoms with van der Waals surface area (Å²) in [7, 11) is 3.45. The third-order valence-corrected chi connectivity index (χ3v) is 4.65. The van der Waals surface area contributed by atoms with Crippen molar-refractivity contribution in [1.82, 2.24) is 20.1 Å². The minimum atomic E-state index is -0.336. The smallest absolute Gasteiger partial charge is 0.230 e. The van der Waals surface area contributed by atoms with Gasteiger partial charge in [-0.25, -0.2) is 0 Å². The largest absolute Gasteiger partial charge is 0.485 e. The molecular weight excluding hydrogens is 344 g/mol. The molecule has 1 unspecified atom stereocenters. The lowest BCUT2D eigenvalue weighted by molar-refractivity contribution is -0.118. The van der Waals surface area contributed by atoms with Crippen LogP contribution in [0.3, 0.4) is 0 Å². The Labute approximate surface area is 149 Å². The summed E-state index contributed by atoms with van der Waals surface area (Å²) in [5.41, 5.74) is 0. The molecule has 1 aliphatic heterocycles. The number of fused-ring (bicyclic) bond motifs is 1. The SMILES string of the molecule is COCCNC(=O)CSc1nnc(C2COc3ccccc3O2)n1C.